The number of rotatable bonds is 4. The SMILES string of the molecule is CC(C)Nc1cc(C(F)(F)F)c(C(=O)Nc2ccc(Cl)cc2)cn1. The third-order valence-corrected chi connectivity index (χ3v) is 3.24. The van der Waals surface area contributed by atoms with Crippen LogP contribution in [0.25, 0.3) is 0 Å². The highest BCUT2D eigenvalue weighted by Crippen LogP contribution is 2.33. The lowest BCUT2D eigenvalue weighted by Gasteiger charge is -2.16. The quantitative estimate of drug-likeness (QED) is 0.824. The van der Waals surface area contributed by atoms with Crippen molar-refractivity contribution in [2.75, 3.05) is 10.6 Å². The molecule has 1 aromatic carbocycles. The molecule has 1 heterocycles. The van der Waals surface area contributed by atoms with E-state index in [2.05, 4.69) is 15.6 Å². The van der Waals surface area contributed by atoms with Crippen LogP contribution in [0, 0.1) is 0 Å². The molecule has 0 aliphatic carbocycles. The summed E-state index contributed by atoms with van der Waals surface area (Å²) >= 11 is 5.73. The van der Waals surface area contributed by atoms with Crippen molar-refractivity contribution < 1.29 is 18.0 Å². The number of pyridine rings is 1. The Kier molecular flexibility index (Phi) is 5.33. The van der Waals surface area contributed by atoms with E-state index in [-0.39, 0.29) is 11.9 Å². The van der Waals surface area contributed by atoms with Crippen LogP contribution in [-0.2, 0) is 6.18 Å². The minimum atomic E-state index is -4.68. The van der Waals surface area contributed by atoms with Crippen molar-refractivity contribution in [3.05, 3.63) is 52.7 Å². The van der Waals surface area contributed by atoms with Gasteiger partial charge in [0.1, 0.15) is 5.82 Å². The number of alkyl halides is 3. The van der Waals surface area contributed by atoms with E-state index >= 15 is 0 Å². The Labute approximate surface area is 142 Å². The molecular weight excluding hydrogens is 343 g/mol. The van der Waals surface area contributed by atoms with E-state index in [1.165, 1.54) is 24.3 Å². The molecule has 1 aromatic heterocycles. The minimum absolute atomic E-state index is 0.0559. The van der Waals surface area contributed by atoms with Crippen LogP contribution in [0.1, 0.15) is 29.8 Å². The highest BCUT2D eigenvalue weighted by Gasteiger charge is 2.36. The number of nitrogens with one attached hydrogen (secondary N) is 2. The predicted molar refractivity (Wildman–Crippen MR) is 87.4 cm³/mol. The summed E-state index contributed by atoms with van der Waals surface area (Å²) in [5, 5.41) is 5.64. The molecule has 0 fully saturated rings. The first kappa shape index (κ1) is 18.1. The first-order chi connectivity index (χ1) is 11.2. The van der Waals surface area contributed by atoms with Crippen LogP contribution >= 0.6 is 11.6 Å². The second kappa shape index (κ2) is 7.09. The van der Waals surface area contributed by atoms with Gasteiger partial charge in [0.05, 0.1) is 11.1 Å². The van der Waals surface area contributed by atoms with Gasteiger partial charge in [-0.3, -0.25) is 4.79 Å². The molecule has 0 saturated heterocycles. The molecule has 2 aromatic rings. The lowest BCUT2D eigenvalue weighted by Crippen LogP contribution is -2.20. The summed E-state index contributed by atoms with van der Waals surface area (Å²) in [4.78, 5) is 16.1. The second-order valence-corrected chi connectivity index (χ2v) is 5.81. The highest BCUT2D eigenvalue weighted by atomic mass is 35.5. The number of carbonyl (C=O) groups is 1. The molecule has 0 bridgehead atoms. The van der Waals surface area contributed by atoms with E-state index < -0.39 is 23.2 Å². The van der Waals surface area contributed by atoms with E-state index in [9.17, 15) is 18.0 Å². The molecule has 0 radical (unpaired) electrons. The Bertz CT molecular complexity index is 730. The van der Waals surface area contributed by atoms with Gasteiger partial charge in [-0.05, 0) is 44.2 Å². The Hall–Kier alpha value is -2.28. The monoisotopic (exact) mass is 357 g/mol. The van der Waals surface area contributed by atoms with Crippen molar-refractivity contribution in [2.45, 2.75) is 26.1 Å². The topological polar surface area (TPSA) is 54.0 Å². The fourth-order valence-electron chi connectivity index (χ4n) is 1.98. The summed E-state index contributed by atoms with van der Waals surface area (Å²) in [6, 6.07) is 6.78. The lowest BCUT2D eigenvalue weighted by molar-refractivity contribution is -0.137. The van der Waals surface area contributed by atoms with Gasteiger partial charge in [-0.15, -0.1) is 0 Å². The number of aromatic nitrogens is 1. The van der Waals surface area contributed by atoms with E-state index in [1.54, 1.807) is 13.8 Å². The molecule has 2 rings (SSSR count). The third-order valence-electron chi connectivity index (χ3n) is 2.99. The van der Waals surface area contributed by atoms with Crippen LogP contribution in [0.3, 0.4) is 0 Å². The van der Waals surface area contributed by atoms with Gasteiger partial charge in [0, 0.05) is 22.9 Å². The number of carbonyl (C=O) groups excluding carboxylic acids is 1. The molecule has 0 aliphatic heterocycles. The molecule has 1 amide bonds. The predicted octanol–water partition coefficient (Wildman–Crippen LogP) is 4.83. The fourth-order valence-corrected chi connectivity index (χ4v) is 2.10. The number of benzene rings is 1. The molecule has 4 nitrogen and oxygen atoms in total. The summed E-state index contributed by atoms with van der Waals surface area (Å²) in [7, 11) is 0. The molecular formula is C16H15ClF3N3O. The zero-order valence-corrected chi connectivity index (χ0v) is 13.7. The van der Waals surface area contributed by atoms with Gasteiger partial charge in [-0.1, -0.05) is 11.6 Å². The standard InChI is InChI=1S/C16H15ClF3N3O/c1-9(2)22-14-7-13(16(18,19)20)12(8-21-14)15(24)23-11-5-3-10(17)4-6-11/h3-9H,1-2H3,(H,21,22)(H,23,24). The van der Waals surface area contributed by atoms with Crippen molar-refractivity contribution in [3.8, 4) is 0 Å². The van der Waals surface area contributed by atoms with Gasteiger partial charge in [-0.2, -0.15) is 13.2 Å². The van der Waals surface area contributed by atoms with Crippen LogP contribution in [0.2, 0.25) is 5.02 Å². The van der Waals surface area contributed by atoms with Crippen LogP contribution in [0.15, 0.2) is 36.5 Å². The maximum atomic E-state index is 13.3. The molecule has 2 N–H and O–H groups in total. The molecule has 8 heteroatoms. The number of halogens is 4. The van der Waals surface area contributed by atoms with Gasteiger partial charge in [0.15, 0.2) is 0 Å². The van der Waals surface area contributed by atoms with Crippen molar-refractivity contribution in [3.63, 3.8) is 0 Å². The highest BCUT2D eigenvalue weighted by molar-refractivity contribution is 6.30. The van der Waals surface area contributed by atoms with E-state index in [0.29, 0.717) is 10.7 Å². The van der Waals surface area contributed by atoms with Crippen LogP contribution < -0.4 is 10.6 Å². The van der Waals surface area contributed by atoms with Crippen LogP contribution in [0.4, 0.5) is 24.7 Å². The van der Waals surface area contributed by atoms with Crippen molar-refractivity contribution in [1.29, 1.82) is 0 Å². The van der Waals surface area contributed by atoms with Gasteiger partial charge in [0.25, 0.3) is 5.91 Å². The van der Waals surface area contributed by atoms with Gasteiger partial charge < -0.3 is 10.6 Å². The average molecular weight is 358 g/mol. The average Bonchev–Trinajstić information content (AvgIpc) is 2.48. The van der Waals surface area contributed by atoms with Gasteiger partial charge in [-0.25, -0.2) is 4.98 Å². The van der Waals surface area contributed by atoms with Gasteiger partial charge in [0.2, 0.25) is 0 Å². The molecule has 0 saturated carbocycles. The molecule has 128 valence electrons. The van der Waals surface area contributed by atoms with Crippen molar-refractivity contribution in [2.24, 2.45) is 0 Å². The zero-order valence-electron chi connectivity index (χ0n) is 12.9. The normalized spacial score (nSPS) is 11.5. The number of amides is 1. The maximum absolute atomic E-state index is 13.3. The van der Waals surface area contributed by atoms with Crippen molar-refractivity contribution in [1.82, 2.24) is 4.98 Å². The molecule has 24 heavy (non-hydrogen) atoms. The smallest absolute Gasteiger partial charge is 0.368 e. The molecule has 0 spiro atoms. The first-order valence-electron chi connectivity index (χ1n) is 7.07. The van der Waals surface area contributed by atoms with Crippen LogP contribution in [-0.4, -0.2) is 16.9 Å². The summed E-state index contributed by atoms with van der Waals surface area (Å²) < 4.78 is 39.8. The summed E-state index contributed by atoms with van der Waals surface area (Å²) in [5.74, 6) is -0.839. The fraction of sp³-hybridized carbons (Fsp3) is 0.250. The zero-order chi connectivity index (χ0) is 17.9. The summed E-state index contributed by atoms with van der Waals surface area (Å²) in [6.07, 6.45) is -3.76. The largest absolute Gasteiger partial charge is 0.417 e. The number of anilines is 2. The molecule has 0 unspecified atom stereocenters. The Morgan fingerprint density at radius 2 is 1.83 bits per heavy atom. The summed E-state index contributed by atoms with van der Waals surface area (Å²) in [6.45, 7) is 3.55. The Balaban J connectivity index is 2.33. The minimum Gasteiger partial charge on any atom is -0.368 e. The number of hydrogen-bond donors (Lipinski definition) is 2. The number of hydrogen-bond acceptors (Lipinski definition) is 3. The van der Waals surface area contributed by atoms with Crippen LogP contribution in [0.5, 0.6) is 0 Å². The lowest BCUT2D eigenvalue weighted by atomic mass is 10.1. The maximum Gasteiger partial charge on any atom is 0.417 e. The van der Waals surface area contributed by atoms with E-state index in [1.807, 2.05) is 0 Å². The first-order valence-corrected chi connectivity index (χ1v) is 7.45. The molecule has 0 atom stereocenters. The number of nitrogens with zero attached hydrogens (tertiary/aromatic N) is 1. The van der Waals surface area contributed by atoms with E-state index in [4.69, 9.17) is 11.6 Å². The third kappa shape index (κ3) is 4.61. The van der Waals surface area contributed by atoms with E-state index in [0.717, 1.165) is 12.3 Å². The molecule has 0 aliphatic rings. The summed E-state index contributed by atoms with van der Waals surface area (Å²) in [5.41, 5.74) is -1.26. The van der Waals surface area contributed by atoms with Gasteiger partial charge >= 0.3 is 6.18 Å². The van der Waals surface area contributed by atoms with Crippen molar-refractivity contribution >= 4 is 29.0 Å². The Morgan fingerprint density at radius 3 is 2.38 bits per heavy atom. The Morgan fingerprint density at radius 1 is 1.21 bits per heavy atom. The second-order valence-electron chi connectivity index (χ2n) is 5.37.